The van der Waals surface area contributed by atoms with Crippen molar-refractivity contribution in [2.75, 3.05) is 25.7 Å². The molecule has 78 valence electrons. The molecule has 0 aromatic heterocycles. The second-order valence-electron chi connectivity index (χ2n) is 3.19. The Balaban J connectivity index is 3.88. The van der Waals surface area contributed by atoms with Gasteiger partial charge in [-0.25, -0.2) is 0 Å². The third-order valence-corrected chi connectivity index (χ3v) is 2.40. The van der Waals surface area contributed by atoms with E-state index in [1.54, 1.807) is 11.8 Å². The third-order valence-electron chi connectivity index (χ3n) is 1.79. The van der Waals surface area contributed by atoms with Crippen molar-refractivity contribution in [2.45, 2.75) is 19.9 Å². The molecule has 13 heavy (non-hydrogen) atoms. The molecule has 0 aromatic rings. The van der Waals surface area contributed by atoms with Gasteiger partial charge in [0.15, 0.2) is 0 Å². The zero-order chi connectivity index (χ0) is 10.3. The van der Waals surface area contributed by atoms with E-state index in [2.05, 4.69) is 5.32 Å². The molecule has 0 spiro atoms. The lowest BCUT2D eigenvalue weighted by molar-refractivity contribution is -0.144. The molecule has 0 fully saturated rings. The molecule has 0 aliphatic rings. The summed E-state index contributed by atoms with van der Waals surface area (Å²) in [5.41, 5.74) is 0. The van der Waals surface area contributed by atoms with E-state index in [1.165, 1.54) is 7.11 Å². The van der Waals surface area contributed by atoms with Gasteiger partial charge in [0.1, 0.15) is 6.04 Å². The molecule has 4 heteroatoms. The first-order valence-electron chi connectivity index (χ1n) is 4.43. The van der Waals surface area contributed by atoms with Gasteiger partial charge < -0.3 is 10.1 Å². The van der Waals surface area contributed by atoms with Crippen LogP contribution in [0.4, 0.5) is 0 Å². The fourth-order valence-electron chi connectivity index (χ4n) is 1.03. The van der Waals surface area contributed by atoms with Gasteiger partial charge in [0.2, 0.25) is 0 Å². The highest BCUT2D eigenvalue weighted by Crippen LogP contribution is 2.03. The predicted molar refractivity (Wildman–Crippen MR) is 57.0 cm³/mol. The van der Waals surface area contributed by atoms with Crippen molar-refractivity contribution in [1.29, 1.82) is 0 Å². The fraction of sp³-hybridized carbons (Fsp3) is 0.889. The first kappa shape index (κ1) is 12.8. The van der Waals surface area contributed by atoms with Crippen LogP contribution in [0.2, 0.25) is 0 Å². The summed E-state index contributed by atoms with van der Waals surface area (Å²) in [5.74, 6) is 1.12. The van der Waals surface area contributed by atoms with Crippen LogP contribution in [0, 0.1) is 5.92 Å². The van der Waals surface area contributed by atoms with Crippen molar-refractivity contribution in [1.82, 2.24) is 5.32 Å². The SMILES string of the molecule is COC(=O)C(NCCSC)C(C)C. The number of carbonyl (C=O) groups excluding carboxylic acids is 1. The molecule has 0 radical (unpaired) electrons. The van der Waals surface area contributed by atoms with Gasteiger partial charge in [-0.1, -0.05) is 13.8 Å². The van der Waals surface area contributed by atoms with Crippen LogP contribution in [0.15, 0.2) is 0 Å². The molecule has 1 atom stereocenters. The summed E-state index contributed by atoms with van der Waals surface area (Å²) in [6.07, 6.45) is 2.05. The van der Waals surface area contributed by atoms with E-state index in [0.29, 0.717) is 0 Å². The molecule has 3 nitrogen and oxygen atoms in total. The average molecular weight is 205 g/mol. The van der Waals surface area contributed by atoms with E-state index in [1.807, 2.05) is 20.1 Å². The van der Waals surface area contributed by atoms with E-state index < -0.39 is 0 Å². The van der Waals surface area contributed by atoms with E-state index >= 15 is 0 Å². The minimum Gasteiger partial charge on any atom is -0.468 e. The summed E-state index contributed by atoms with van der Waals surface area (Å²) >= 11 is 1.76. The van der Waals surface area contributed by atoms with Gasteiger partial charge in [0.25, 0.3) is 0 Å². The maximum Gasteiger partial charge on any atom is 0.323 e. The summed E-state index contributed by atoms with van der Waals surface area (Å²) in [6.45, 7) is 4.86. The maximum atomic E-state index is 11.3. The first-order chi connectivity index (χ1) is 6.13. The van der Waals surface area contributed by atoms with Crippen molar-refractivity contribution in [3.05, 3.63) is 0 Å². The number of ether oxygens (including phenoxy) is 1. The van der Waals surface area contributed by atoms with Crippen molar-refractivity contribution in [3.63, 3.8) is 0 Å². The van der Waals surface area contributed by atoms with Gasteiger partial charge in [-0.2, -0.15) is 11.8 Å². The molecule has 0 aliphatic heterocycles. The number of nitrogens with one attached hydrogen (secondary N) is 1. The van der Waals surface area contributed by atoms with E-state index in [4.69, 9.17) is 4.74 Å². The lowest BCUT2D eigenvalue weighted by Crippen LogP contribution is -2.42. The summed E-state index contributed by atoms with van der Waals surface area (Å²) in [7, 11) is 1.42. The first-order valence-corrected chi connectivity index (χ1v) is 5.83. The fourth-order valence-corrected chi connectivity index (χ4v) is 1.36. The Morgan fingerprint density at radius 1 is 1.54 bits per heavy atom. The monoisotopic (exact) mass is 205 g/mol. The van der Waals surface area contributed by atoms with Gasteiger partial charge in [0, 0.05) is 12.3 Å². The predicted octanol–water partition coefficient (Wildman–Crippen LogP) is 1.14. The van der Waals surface area contributed by atoms with Crippen LogP contribution in [-0.2, 0) is 9.53 Å². The number of carbonyl (C=O) groups is 1. The molecule has 0 amide bonds. The molecule has 1 N–H and O–H groups in total. The zero-order valence-corrected chi connectivity index (χ0v) is 9.61. The summed E-state index contributed by atoms with van der Waals surface area (Å²) in [5, 5.41) is 3.18. The maximum absolute atomic E-state index is 11.3. The number of rotatable bonds is 6. The molecule has 0 rings (SSSR count). The summed E-state index contributed by atoms with van der Waals surface area (Å²) in [6, 6.07) is -0.169. The lowest BCUT2D eigenvalue weighted by Gasteiger charge is -2.19. The van der Waals surface area contributed by atoms with Gasteiger partial charge in [-0.15, -0.1) is 0 Å². The van der Waals surface area contributed by atoms with Crippen molar-refractivity contribution >= 4 is 17.7 Å². The highest BCUT2D eigenvalue weighted by molar-refractivity contribution is 7.98. The number of thioether (sulfide) groups is 1. The standard InChI is InChI=1S/C9H19NO2S/c1-7(2)8(9(11)12-3)10-5-6-13-4/h7-8,10H,5-6H2,1-4H3. The second kappa shape index (κ2) is 7.21. The zero-order valence-electron chi connectivity index (χ0n) is 8.79. The smallest absolute Gasteiger partial charge is 0.323 e. The highest BCUT2D eigenvalue weighted by atomic mass is 32.2. The molecule has 0 aliphatic carbocycles. The average Bonchev–Trinajstić information content (AvgIpc) is 2.11. The van der Waals surface area contributed by atoms with Crippen LogP contribution in [-0.4, -0.2) is 37.7 Å². The van der Waals surface area contributed by atoms with Crippen LogP contribution < -0.4 is 5.32 Å². The molecular weight excluding hydrogens is 186 g/mol. The van der Waals surface area contributed by atoms with E-state index in [9.17, 15) is 4.79 Å². The summed E-state index contributed by atoms with van der Waals surface area (Å²) in [4.78, 5) is 11.3. The Hall–Kier alpha value is -0.220. The quantitative estimate of drug-likeness (QED) is 0.521. The molecular formula is C9H19NO2S. The van der Waals surface area contributed by atoms with Crippen LogP contribution in [0.25, 0.3) is 0 Å². The molecule has 0 bridgehead atoms. The Kier molecular flexibility index (Phi) is 7.09. The Morgan fingerprint density at radius 3 is 2.54 bits per heavy atom. The van der Waals surface area contributed by atoms with Gasteiger partial charge in [-0.3, -0.25) is 4.79 Å². The molecule has 0 aromatic carbocycles. The normalized spacial score (nSPS) is 13.0. The van der Waals surface area contributed by atoms with Crippen molar-refractivity contribution in [2.24, 2.45) is 5.92 Å². The molecule has 0 saturated heterocycles. The highest BCUT2D eigenvalue weighted by Gasteiger charge is 2.21. The second-order valence-corrected chi connectivity index (χ2v) is 4.18. The Bertz CT molecular complexity index is 151. The number of esters is 1. The van der Waals surface area contributed by atoms with E-state index in [-0.39, 0.29) is 17.9 Å². The van der Waals surface area contributed by atoms with Crippen LogP contribution in [0.3, 0.4) is 0 Å². The van der Waals surface area contributed by atoms with Crippen molar-refractivity contribution < 1.29 is 9.53 Å². The number of hydrogen-bond donors (Lipinski definition) is 1. The minimum atomic E-state index is -0.170. The Morgan fingerprint density at radius 2 is 2.15 bits per heavy atom. The molecule has 0 saturated carbocycles. The van der Waals surface area contributed by atoms with Gasteiger partial charge in [0.05, 0.1) is 7.11 Å². The molecule has 0 heterocycles. The van der Waals surface area contributed by atoms with Gasteiger partial charge in [-0.05, 0) is 12.2 Å². The lowest BCUT2D eigenvalue weighted by atomic mass is 10.1. The minimum absolute atomic E-state index is 0.169. The van der Waals surface area contributed by atoms with E-state index in [0.717, 1.165) is 12.3 Å². The summed E-state index contributed by atoms with van der Waals surface area (Å²) < 4.78 is 4.70. The van der Waals surface area contributed by atoms with Gasteiger partial charge >= 0.3 is 5.97 Å². The largest absolute Gasteiger partial charge is 0.468 e. The van der Waals surface area contributed by atoms with Crippen LogP contribution >= 0.6 is 11.8 Å². The number of hydrogen-bond acceptors (Lipinski definition) is 4. The molecule has 1 unspecified atom stereocenters. The number of methoxy groups -OCH3 is 1. The topological polar surface area (TPSA) is 38.3 Å². The third kappa shape index (κ3) is 5.16. The van der Waals surface area contributed by atoms with Crippen molar-refractivity contribution in [3.8, 4) is 0 Å². The van der Waals surface area contributed by atoms with Crippen LogP contribution in [0.1, 0.15) is 13.8 Å². The Labute approximate surface area is 84.6 Å². The van der Waals surface area contributed by atoms with Crippen LogP contribution in [0.5, 0.6) is 0 Å².